The van der Waals surface area contributed by atoms with Crippen molar-refractivity contribution in [1.82, 2.24) is 9.46 Å². The van der Waals surface area contributed by atoms with Gasteiger partial charge in [0.1, 0.15) is 24.4 Å². The molecule has 2 fully saturated rings. The SMILES string of the molecule is COc1cc(-c2cccc(C(F)(F)F)c2)c(F)cc1N1C(=O)CO[C@@H]2CN(S(=O)(=O)Nc3ccon3)CC[C@@H]21. The van der Waals surface area contributed by atoms with Gasteiger partial charge in [-0.1, -0.05) is 17.3 Å². The average Bonchev–Trinajstić information content (AvgIpc) is 3.40. The molecule has 15 heteroatoms. The Hall–Kier alpha value is -3.69. The Morgan fingerprint density at radius 2 is 1.97 bits per heavy atom. The van der Waals surface area contributed by atoms with Gasteiger partial charge in [0.25, 0.3) is 5.91 Å². The number of benzene rings is 2. The summed E-state index contributed by atoms with van der Waals surface area (Å²) in [4.78, 5) is 14.3. The number of hydrogen-bond donors (Lipinski definition) is 1. The number of methoxy groups -OCH3 is 1. The molecule has 0 aliphatic carbocycles. The van der Waals surface area contributed by atoms with E-state index in [2.05, 4.69) is 14.4 Å². The second kappa shape index (κ2) is 10.1. The van der Waals surface area contributed by atoms with E-state index >= 15 is 4.39 Å². The first-order valence-corrected chi connectivity index (χ1v) is 13.1. The van der Waals surface area contributed by atoms with Gasteiger partial charge in [-0.25, -0.2) is 4.39 Å². The zero-order valence-electron chi connectivity index (χ0n) is 20.3. The van der Waals surface area contributed by atoms with Crippen LogP contribution in [0.1, 0.15) is 12.0 Å². The topological polar surface area (TPSA) is 114 Å². The van der Waals surface area contributed by atoms with E-state index in [1.54, 1.807) is 0 Å². The molecule has 3 heterocycles. The van der Waals surface area contributed by atoms with Gasteiger partial charge in [-0.15, -0.1) is 0 Å². The summed E-state index contributed by atoms with van der Waals surface area (Å²) in [5.41, 5.74) is -1.03. The molecule has 2 aliphatic rings. The van der Waals surface area contributed by atoms with Crippen molar-refractivity contribution in [2.75, 3.05) is 36.4 Å². The van der Waals surface area contributed by atoms with Crippen molar-refractivity contribution >= 4 is 27.6 Å². The highest BCUT2D eigenvalue weighted by Gasteiger charge is 2.45. The van der Waals surface area contributed by atoms with E-state index in [1.807, 2.05) is 0 Å². The van der Waals surface area contributed by atoms with Crippen LogP contribution in [0.2, 0.25) is 0 Å². The van der Waals surface area contributed by atoms with Crippen molar-refractivity contribution in [2.45, 2.75) is 24.7 Å². The second-order valence-electron chi connectivity index (χ2n) is 8.90. The van der Waals surface area contributed by atoms with Crippen LogP contribution in [0, 0.1) is 5.82 Å². The number of carbonyl (C=O) groups excluding carboxylic acids is 1. The van der Waals surface area contributed by atoms with Gasteiger partial charge >= 0.3 is 16.4 Å². The van der Waals surface area contributed by atoms with Crippen molar-refractivity contribution in [3.05, 3.63) is 60.1 Å². The van der Waals surface area contributed by atoms with Crippen molar-refractivity contribution in [3.63, 3.8) is 0 Å². The van der Waals surface area contributed by atoms with Gasteiger partial charge in [-0.3, -0.25) is 9.52 Å². The number of anilines is 2. The largest absolute Gasteiger partial charge is 0.495 e. The summed E-state index contributed by atoms with van der Waals surface area (Å²) in [5, 5.41) is 3.53. The summed E-state index contributed by atoms with van der Waals surface area (Å²) in [6, 6.07) is 7.18. The highest BCUT2D eigenvalue weighted by Crippen LogP contribution is 2.41. The average molecular weight is 571 g/mol. The molecule has 2 aromatic carbocycles. The Morgan fingerprint density at radius 1 is 1.18 bits per heavy atom. The van der Waals surface area contributed by atoms with Crippen LogP contribution >= 0.6 is 0 Å². The number of piperidine rings is 1. The minimum atomic E-state index is -4.61. The fourth-order valence-electron chi connectivity index (χ4n) is 4.74. The van der Waals surface area contributed by atoms with Crippen LogP contribution < -0.4 is 14.4 Å². The van der Waals surface area contributed by atoms with Crippen LogP contribution in [-0.2, 0) is 25.9 Å². The molecule has 2 aliphatic heterocycles. The van der Waals surface area contributed by atoms with Gasteiger partial charge < -0.3 is 18.9 Å². The van der Waals surface area contributed by atoms with Crippen LogP contribution in [0.3, 0.4) is 0 Å². The summed E-state index contributed by atoms with van der Waals surface area (Å²) < 4.78 is 99.7. The first-order chi connectivity index (χ1) is 18.5. The molecule has 0 saturated carbocycles. The van der Waals surface area contributed by atoms with Gasteiger partial charge in [0.05, 0.1) is 30.5 Å². The summed E-state index contributed by atoms with van der Waals surface area (Å²) in [5.74, 6) is -1.31. The number of halogens is 4. The second-order valence-corrected chi connectivity index (χ2v) is 10.6. The standard InChI is InChI=1S/C24H22F4N4O6S/c1-36-20-10-16(14-3-2-4-15(9-14)24(26,27)28)17(25)11-19(20)32-18-5-7-31(12-21(18)37-13-23(32)33)39(34,35)30-22-6-8-38-29-22/h2-4,6,8-11,18,21H,5,7,12-13H2,1H3,(H,29,30)/t18-,21+/m0/s1. The van der Waals surface area contributed by atoms with E-state index < -0.39 is 52.4 Å². The number of ether oxygens (including phenoxy) is 2. The number of nitrogens with zero attached hydrogens (tertiary/aromatic N) is 3. The first-order valence-electron chi connectivity index (χ1n) is 11.6. The third-order valence-electron chi connectivity index (χ3n) is 6.55. The van der Waals surface area contributed by atoms with Gasteiger partial charge in [0.15, 0.2) is 5.82 Å². The summed E-state index contributed by atoms with van der Waals surface area (Å²) in [6.45, 7) is -0.491. The molecule has 208 valence electrons. The Balaban J connectivity index is 1.44. The predicted octanol–water partition coefficient (Wildman–Crippen LogP) is 3.67. The van der Waals surface area contributed by atoms with E-state index in [9.17, 15) is 26.4 Å². The minimum absolute atomic E-state index is 0.000405. The molecular weight excluding hydrogens is 548 g/mol. The zero-order chi connectivity index (χ0) is 27.9. The molecule has 0 unspecified atom stereocenters. The zero-order valence-corrected chi connectivity index (χ0v) is 21.1. The normalized spacial score (nSPS) is 20.5. The number of morpholine rings is 1. The number of fused-ring (bicyclic) bond motifs is 1. The Kier molecular flexibility index (Phi) is 6.99. The molecule has 2 atom stereocenters. The summed E-state index contributed by atoms with van der Waals surface area (Å²) in [7, 11) is -2.72. The molecular formula is C24H22F4N4O6S. The molecule has 3 aromatic rings. The first kappa shape index (κ1) is 26.9. The number of hydrogen-bond acceptors (Lipinski definition) is 7. The maximum atomic E-state index is 15.4. The van der Waals surface area contributed by atoms with Gasteiger partial charge in [-0.05, 0) is 30.2 Å². The summed E-state index contributed by atoms with van der Waals surface area (Å²) in [6.07, 6.45) is -4.00. The Bertz CT molecular complexity index is 1480. The third kappa shape index (κ3) is 5.29. The lowest BCUT2D eigenvalue weighted by Crippen LogP contribution is -2.62. The van der Waals surface area contributed by atoms with Crippen LogP contribution in [-0.4, -0.2) is 62.7 Å². The van der Waals surface area contributed by atoms with E-state index in [0.29, 0.717) is 0 Å². The Morgan fingerprint density at radius 3 is 2.67 bits per heavy atom. The molecule has 0 radical (unpaired) electrons. The van der Waals surface area contributed by atoms with Crippen molar-refractivity contribution < 1.29 is 44.8 Å². The number of alkyl halides is 3. The van der Waals surface area contributed by atoms with Crippen LogP contribution in [0.15, 0.2) is 53.3 Å². The molecule has 2 saturated heterocycles. The number of rotatable bonds is 6. The maximum Gasteiger partial charge on any atom is 0.416 e. The lowest BCUT2D eigenvalue weighted by molar-refractivity contribution is -0.137. The highest BCUT2D eigenvalue weighted by molar-refractivity contribution is 7.90. The molecule has 5 rings (SSSR count). The fraction of sp³-hybridized carbons (Fsp3) is 0.333. The molecule has 1 aromatic heterocycles. The quantitative estimate of drug-likeness (QED) is 0.450. The molecule has 39 heavy (non-hydrogen) atoms. The number of carbonyl (C=O) groups is 1. The van der Waals surface area contributed by atoms with E-state index in [1.165, 1.54) is 42.5 Å². The van der Waals surface area contributed by atoms with Gasteiger partial charge in [0.2, 0.25) is 0 Å². The van der Waals surface area contributed by atoms with E-state index in [0.717, 1.165) is 22.5 Å². The molecule has 0 spiro atoms. The third-order valence-corrected chi connectivity index (χ3v) is 8.03. The van der Waals surface area contributed by atoms with E-state index in [4.69, 9.17) is 9.47 Å². The maximum absolute atomic E-state index is 15.4. The highest BCUT2D eigenvalue weighted by atomic mass is 32.2. The lowest BCUT2D eigenvalue weighted by Gasteiger charge is -2.46. The summed E-state index contributed by atoms with van der Waals surface area (Å²) >= 11 is 0. The monoisotopic (exact) mass is 570 g/mol. The predicted molar refractivity (Wildman–Crippen MR) is 130 cm³/mol. The molecule has 10 nitrogen and oxygen atoms in total. The molecule has 1 N–H and O–H groups in total. The number of nitrogens with one attached hydrogen (secondary N) is 1. The van der Waals surface area contributed by atoms with Gasteiger partial charge in [-0.2, -0.15) is 25.9 Å². The van der Waals surface area contributed by atoms with Crippen LogP contribution in [0.25, 0.3) is 11.1 Å². The van der Waals surface area contributed by atoms with Crippen molar-refractivity contribution in [2.24, 2.45) is 0 Å². The van der Waals surface area contributed by atoms with Crippen LogP contribution in [0.4, 0.5) is 29.1 Å². The van der Waals surface area contributed by atoms with Gasteiger partial charge in [0, 0.05) is 30.8 Å². The van der Waals surface area contributed by atoms with Crippen molar-refractivity contribution in [3.8, 4) is 16.9 Å². The van der Waals surface area contributed by atoms with E-state index in [-0.39, 0.29) is 47.9 Å². The fourth-order valence-corrected chi connectivity index (χ4v) is 5.93. The lowest BCUT2D eigenvalue weighted by atomic mass is 9.97. The minimum Gasteiger partial charge on any atom is -0.495 e. The van der Waals surface area contributed by atoms with Crippen molar-refractivity contribution in [1.29, 1.82) is 0 Å². The number of amides is 1. The van der Waals surface area contributed by atoms with Crippen LogP contribution in [0.5, 0.6) is 5.75 Å². The smallest absolute Gasteiger partial charge is 0.416 e. The molecule has 1 amide bonds. The Labute approximate surface area is 220 Å². The molecule has 0 bridgehead atoms. The number of aromatic nitrogens is 1.